The van der Waals surface area contributed by atoms with Crippen LogP contribution in [0.15, 0.2) is 29.3 Å². The van der Waals surface area contributed by atoms with Crippen molar-refractivity contribution in [1.29, 1.82) is 0 Å². The summed E-state index contributed by atoms with van der Waals surface area (Å²) in [5, 5.41) is 14.8. The number of ether oxygens (including phenoxy) is 1. The molecule has 0 amide bonds. The minimum absolute atomic E-state index is 0. The van der Waals surface area contributed by atoms with E-state index in [4.69, 9.17) is 4.74 Å². The lowest BCUT2D eigenvalue weighted by molar-refractivity contribution is 0.203. The molecule has 8 heteroatoms. The van der Waals surface area contributed by atoms with Gasteiger partial charge in [-0.3, -0.25) is 0 Å². The zero-order chi connectivity index (χ0) is 17.4. The van der Waals surface area contributed by atoms with Crippen molar-refractivity contribution in [2.75, 3.05) is 20.3 Å². The molecule has 0 saturated heterocycles. The summed E-state index contributed by atoms with van der Waals surface area (Å²) in [6, 6.07) is 8.26. The minimum atomic E-state index is 0. The largest absolute Gasteiger partial charge is 0.383 e. The van der Waals surface area contributed by atoms with E-state index in [1.807, 2.05) is 30.7 Å². The normalized spacial score (nSPS) is 11.1. The molecule has 0 aliphatic heterocycles. The fraction of sp³-hybridized carbons (Fsp3) is 0.471. The van der Waals surface area contributed by atoms with E-state index in [1.54, 1.807) is 7.11 Å². The Labute approximate surface area is 166 Å². The van der Waals surface area contributed by atoms with E-state index >= 15 is 0 Å². The predicted molar refractivity (Wildman–Crippen MR) is 110 cm³/mol. The SMILES string of the molecule is COCCNC(=NCc1ccccc1C)NCc1nnc(C)n1C.I. The number of hydrogen-bond acceptors (Lipinski definition) is 4. The number of guanidine groups is 1. The Morgan fingerprint density at radius 1 is 1.20 bits per heavy atom. The van der Waals surface area contributed by atoms with Crippen LogP contribution in [0.2, 0.25) is 0 Å². The van der Waals surface area contributed by atoms with Crippen molar-refractivity contribution in [2.45, 2.75) is 26.9 Å². The lowest BCUT2D eigenvalue weighted by Gasteiger charge is -2.12. The van der Waals surface area contributed by atoms with Crippen molar-refractivity contribution < 1.29 is 4.74 Å². The summed E-state index contributed by atoms with van der Waals surface area (Å²) >= 11 is 0. The Hall–Kier alpha value is -1.68. The molecule has 0 atom stereocenters. The van der Waals surface area contributed by atoms with E-state index in [9.17, 15) is 0 Å². The summed E-state index contributed by atoms with van der Waals surface area (Å²) in [5.74, 6) is 2.48. The third-order valence-electron chi connectivity index (χ3n) is 3.86. The molecule has 0 bridgehead atoms. The molecular formula is C17H27IN6O. The molecule has 2 N–H and O–H groups in total. The summed E-state index contributed by atoms with van der Waals surface area (Å²) in [4.78, 5) is 4.66. The zero-order valence-corrected chi connectivity index (χ0v) is 17.6. The zero-order valence-electron chi connectivity index (χ0n) is 15.2. The molecule has 0 aliphatic carbocycles. The smallest absolute Gasteiger partial charge is 0.192 e. The molecule has 0 unspecified atom stereocenters. The number of nitrogens with one attached hydrogen (secondary N) is 2. The van der Waals surface area contributed by atoms with Gasteiger partial charge in [0.05, 0.1) is 19.7 Å². The van der Waals surface area contributed by atoms with Crippen LogP contribution in [-0.4, -0.2) is 41.0 Å². The maximum Gasteiger partial charge on any atom is 0.192 e. The van der Waals surface area contributed by atoms with E-state index < -0.39 is 0 Å². The second-order valence-electron chi connectivity index (χ2n) is 5.59. The number of halogens is 1. The number of aliphatic imine (C=N–C) groups is 1. The summed E-state index contributed by atoms with van der Waals surface area (Å²) in [6.07, 6.45) is 0. The maximum absolute atomic E-state index is 5.09. The van der Waals surface area contributed by atoms with E-state index in [-0.39, 0.29) is 24.0 Å². The van der Waals surface area contributed by atoms with Gasteiger partial charge in [0.25, 0.3) is 0 Å². The van der Waals surface area contributed by atoms with E-state index in [1.165, 1.54) is 11.1 Å². The lowest BCUT2D eigenvalue weighted by Crippen LogP contribution is -2.39. The second kappa shape index (κ2) is 11.0. The third kappa shape index (κ3) is 6.62. The van der Waals surface area contributed by atoms with Gasteiger partial charge in [-0.1, -0.05) is 24.3 Å². The van der Waals surface area contributed by atoms with Crippen molar-refractivity contribution in [2.24, 2.45) is 12.0 Å². The first kappa shape index (κ1) is 21.4. The monoisotopic (exact) mass is 458 g/mol. The summed E-state index contributed by atoms with van der Waals surface area (Å²) in [5.41, 5.74) is 2.45. The average Bonchev–Trinajstić information content (AvgIpc) is 2.90. The van der Waals surface area contributed by atoms with Gasteiger partial charge in [-0.25, -0.2) is 4.99 Å². The molecule has 138 valence electrons. The molecule has 1 aromatic heterocycles. The van der Waals surface area contributed by atoms with Crippen LogP contribution in [0.3, 0.4) is 0 Å². The lowest BCUT2D eigenvalue weighted by atomic mass is 10.1. The van der Waals surface area contributed by atoms with Crippen molar-refractivity contribution in [3.8, 4) is 0 Å². The first-order valence-electron chi connectivity index (χ1n) is 8.02. The van der Waals surface area contributed by atoms with Gasteiger partial charge in [0, 0.05) is 20.7 Å². The quantitative estimate of drug-likeness (QED) is 0.287. The Kier molecular flexibility index (Phi) is 9.43. The summed E-state index contributed by atoms with van der Waals surface area (Å²) in [6.45, 7) is 6.51. The van der Waals surface area contributed by atoms with Gasteiger partial charge in [-0.15, -0.1) is 34.2 Å². The molecule has 7 nitrogen and oxygen atoms in total. The van der Waals surface area contributed by atoms with E-state index in [0.29, 0.717) is 26.2 Å². The Morgan fingerprint density at radius 2 is 1.96 bits per heavy atom. The third-order valence-corrected chi connectivity index (χ3v) is 3.86. The van der Waals surface area contributed by atoms with Gasteiger partial charge in [-0.05, 0) is 25.0 Å². The van der Waals surface area contributed by atoms with Gasteiger partial charge in [-0.2, -0.15) is 0 Å². The molecule has 0 saturated carbocycles. The van der Waals surface area contributed by atoms with Gasteiger partial charge in [0.15, 0.2) is 11.8 Å². The highest BCUT2D eigenvalue weighted by molar-refractivity contribution is 14.0. The highest BCUT2D eigenvalue weighted by Gasteiger charge is 2.06. The van der Waals surface area contributed by atoms with Crippen LogP contribution in [0, 0.1) is 13.8 Å². The fourth-order valence-electron chi connectivity index (χ4n) is 2.17. The van der Waals surface area contributed by atoms with Crippen LogP contribution in [0.4, 0.5) is 0 Å². The molecule has 1 aromatic carbocycles. The first-order chi connectivity index (χ1) is 11.6. The summed E-state index contributed by atoms with van der Waals surface area (Å²) in [7, 11) is 3.64. The van der Waals surface area contributed by atoms with Crippen molar-refractivity contribution >= 4 is 29.9 Å². The van der Waals surface area contributed by atoms with Gasteiger partial charge < -0.3 is 19.9 Å². The molecule has 0 radical (unpaired) electrons. The molecule has 0 fully saturated rings. The molecular weight excluding hydrogens is 431 g/mol. The van der Waals surface area contributed by atoms with Crippen molar-refractivity contribution in [3.63, 3.8) is 0 Å². The standard InChI is InChI=1S/C17H26N6O.HI/c1-13-7-5-6-8-15(13)11-19-17(18-9-10-24-4)20-12-16-22-21-14(2)23(16)3;/h5-8H,9-12H2,1-4H3,(H2,18,19,20);1H. The van der Waals surface area contributed by atoms with Crippen LogP contribution in [-0.2, 0) is 24.9 Å². The number of benzene rings is 1. The van der Waals surface area contributed by atoms with Crippen molar-refractivity contribution in [1.82, 2.24) is 25.4 Å². The Balaban J connectivity index is 0.00000312. The second-order valence-corrected chi connectivity index (χ2v) is 5.59. The minimum Gasteiger partial charge on any atom is -0.383 e. The highest BCUT2D eigenvalue weighted by Crippen LogP contribution is 2.08. The van der Waals surface area contributed by atoms with Crippen LogP contribution < -0.4 is 10.6 Å². The molecule has 2 rings (SSSR count). The number of rotatable bonds is 7. The van der Waals surface area contributed by atoms with Crippen LogP contribution in [0.25, 0.3) is 0 Å². The average molecular weight is 458 g/mol. The molecule has 25 heavy (non-hydrogen) atoms. The Bertz CT molecular complexity index is 686. The maximum atomic E-state index is 5.09. The number of hydrogen-bond donors (Lipinski definition) is 2. The Morgan fingerprint density at radius 3 is 2.60 bits per heavy atom. The number of nitrogens with zero attached hydrogens (tertiary/aromatic N) is 4. The number of aromatic nitrogens is 3. The number of methoxy groups -OCH3 is 1. The highest BCUT2D eigenvalue weighted by atomic mass is 127. The van der Waals surface area contributed by atoms with Crippen LogP contribution in [0.1, 0.15) is 22.8 Å². The molecule has 0 aliphatic rings. The fourth-order valence-corrected chi connectivity index (χ4v) is 2.17. The molecule has 2 aromatic rings. The van der Waals surface area contributed by atoms with Gasteiger partial charge >= 0.3 is 0 Å². The van der Waals surface area contributed by atoms with E-state index in [2.05, 4.69) is 44.9 Å². The van der Waals surface area contributed by atoms with Crippen LogP contribution >= 0.6 is 24.0 Å². The summed E-state index contributed by atoms with van der Waals surface area (Å²) < 4.78 is 7.05. The van der Waals surface area contributed by atoms with Crippen molar-refractivity contribution in [3.05, 3.63) is 47.0 Å². The van der Waals surface area contributed by atoms with Gasteiger partial charge in [0.2, 0.25) is 0 Å². The topological polar surface area (TPSA) is 76.4 Å². The first-order valence-corrected chi connectivity index (χ1v) is 8.02. The van der Waals surface area contributed by atoms with Crippen LogP contribution in [0.5, 0.6) is 0 Å². The molecule has 1 heterocycles. The van der Waals surface area contributed by atoms with E-state index in [0.717, 1.165) is 17.6 Å². The number of aryl methyl sites for hydroxylation is 2. The molecule has 0 spiro atoms. The predicted octanol–water partition coefficient (Wildman–Crippen LogP) is 1.93. The van der Waals surface area contributed by atoms with Gasteiger partial charge in [0.1, 0.15) is 5.82 Å².